The average molecular weight is 462 g/mol. The highest BCUT2D eigenvalue weighted by molar-refractivity contribution is 5.91. The number of furan rings is 1. The quantitative estimate of drug-likeness (QED) is 0.499. The van der Waals surface area contributed by atoms with Gasteiger partial charge in [0.2, 0.25) is 0 Å². The lowest BCUT2D eigenvalue weighted by atomic mass is 9.85. The molecule has 2 atom stereocenters. The lowest BCUT2D eigenvalue weighted by Gasteiger charge is -2.41. The van der Waals surface area contributed by atoms with Crippen molar-refractivity contribution in [1.82, 2.24) is 5.32 Å². The highest BCUT2D eigenvalue weighted by atomic mass is 16.7. The maximum atomic E-state index is 13.1. The van der Waals surface area contributed by atoms with Crippen molar-refractivity contribution in [2.45, 2.75) is 71.3 Å². The molecule has 34 heavy (non-hydrogen) atoms. The summed E-state index contributed by atoms with van der Waals surface area (Å²) in [5.41, 5.74) is 4.77. The highest BCUT2D eigenvalue weighted by Crippen LogP contribution is 2.33. The van der Waals surface area contributed by atoms with Crippen LogP contribution in [0.2, 0.25) is 0 Å². The van der Waals surface area contributed by atoms with Crippen molar-refractivity contribution in [3.8, 4) is 0 Å². The van der Waals surface area contributed by atoms with Crippen LogP contribution in [0.1, 0.15) is 79.3 Å². The van der Waals surface area contributed by atoms with E-state index < -0.39 is 5.79 Å². The van der Waals surface area contributed by atoms with Crippen molar-refractivity contribution < 1.29 is 18.7 Å². The first kappa shape index (κ1) is 24.2. The minimum atomic E-state index is -0.723. The number of carbonyl (C=O) groups excluding carboxylic acids is 1. The van der Waals surface area contributed by atoms with Crippen LogP contribution in [0, 0.1) is 6.92 Å². The number of benzene rings is 2. The van der Waals surface area contributed by atoms with Crippen molar-refractivity contribution in [2.24, 2.45) is 0 Å². The van der Waals surface area contributed by atoms with Gasteiger partial charge in [0.05, 0.1) is 12.6 Å². The molecule has 1 saturated heterocycles. The van der Waals surface area contributed by atoms with E-state index in [1.165, 1.54) is 16.7 Å². The fourth-order valence-corrected chi connectivity index (χ4v) is 4.21. The van der Waals surface area contributed by atoms with Crippen LogP contribution in [-0.4, -0.2) is 24.3 Å². The van der Waals surface area contributed by atoms with Gasteiger partial charge in [0.1, 0.15) is 11.9 Å². The number of rotatable bonds is 5. The molecule has 1 aromatic heterocycles. The second kappa shape index (κ2) is 9.40. The van der Waals surface area contributed by atoms with E-state index in [0.29, 0.717) is 13.0 Å². The molecule has 0 radical (unpaired) electrons. The summed E-state index contributed by atoms with van der Waals surface area (Å²) in [6.45, 7) is 12.8. The van der Waals surface area contributed by atoms with E-state index in [0.717, 1.165) is 11.3 Å². The Hall–Kier alpha value is -2.89. The number of aryl methyl sites for hydroxylation is 1. The number of amides is 1. The van der Waals surface area contributed by atoms with Crippen molar-refractivity contribution >= 4 is 5.91 Å². The zero-order valence-corrected chi connectivity index (χ0v) is 21.0. The van der Waals surface area contributed by atoms with Crippen LogP contribution in [-0.2, 0) is 21.3 Å². The monoisotopic (exact) mass is 461 g/mol. The van der Waals surface area contributed by atoms with Crippen LogP contribution in [0.15, 0.2) is 65.1 Å². The summed E-state index contributed by atoms with van der Waals surface area (Å²) in [5, 5.41) is 3.06. The first-order valence-electron chi connectivity index (χ1n) is 11.9. The van der Waals surface area contributed by atoms with Crippen molar-refractivity contribution in [1.29, 1.82) is 0 Å². The zero-order valence-electron chi connectivity index (χ0n) is 21.0. The second-order valence-electron chi connectivity index (χ2n) is 10.6. The molecular formula is C29H35NO4. The maximum Gasteiger partial charge on any atom is 0.287 e. The Morgan fingerprint density at radius 2 is 1.79 bits per heavy atom. The molecule has 1 amide bonds. The molecule has 5 heteroatoms. The third kappa shape index (κ3) is 5.60. The van der Waals surface area contributed by atoms with E-state index >= 15 is 0 Å². The van der Waals surface area contributed by atoms with Gasteiger partial charge in [-0.2, -0.15) is 0 Å². The smallest absolute Gasteiger partial charge is 0.287 e. The topological polar surface area (TPSA) is 60.7 Å². The van der Waals surface area contributed by atoms with Crippen LogP contribution in [0.3, 0.4) is 0 Å². The molecule has 0 spiro atoms. The van der Waals surface area contributed by atoms with Gasteiger partial charge in [-0.15, -0.1) is 0 Å². The summed E-state index contributed by atoms with van der Waals surface area (Å²) in [6.07, 6.45) is 0.325. The Kier molecular flexibility index (Phi) is 6.70. The van der Waals surface area contributed by atoms with Gasteiger partial charge >= 0.3 is 0 Å². The molecule has 1 fully saturated rings. The largest absolute Gasteiger partial charge is 0.456 e. The van der Waals surface area contributed by atoms with Gasteiger partial charge in [-0.1, -0.05) is 69.3 Å². The van der Waals surface area contributed by atoms with E-state index in [2.05, 4.69) is 51.2 Å². The fraction of sp³-hybridized carbons (Fsp3) is 0.414. The van der Waals surface area contributed by atoms with Crippen molar-refractivity contribution in [3.05, 3.63) is 94.4 Å². The molecule has 180 valence electrons. The highest BCUT2D eigenvalue weighted by Gasteiger charge is 2.38. The van der Waals surface area contributed by atoms with Crippen molar-refractivity contribution in [3.63, 3.8) is 0 Å². The van der Waals surface area contributed by atoms with Crippen LogP contribution in [0.5, 0.6) is 0 Å². The molecule has 0 bridgehead atoms. The summed E-state index contributed by atoms with van der Waals surface area (Å²) in [4.78, 5) is 13.1. The Labute approximate surface area is 202 Å². The SMILES string of the molecule is Cc1ccc(C(C)(C)C)cc1Cc1ccc(C(=O)N[C@@H]2COC(C)(C)OC2c2ccccc2)o1. The van der Waals surface area contributed by atoms with Gasteiger partial charge < -0.3 is 19.2 Å². The minimum Gasteiger partial charge on any atom is -0.456 e. The maximum absolute atomic E-state index is 13.1. The Bertz CT molecular complexity index is 1140. The Morgan fingerprint density at radius 3 is 2.50 bits per heavy atom. The van der Waals surface area contributed by atoms with Crippen LogP contribution in [0.4, 0.5) is 0 Å². The summed E-state index contributed by atoms with van der Waals surface area (Å²) in [7, 11) is 0. The summed E-state index contributed by atoms with van der Waals surface area (Å²) < 4.78 is 18.0. The van der Waals surface area contributed by atoms with E-state index in [1.807, 2.05) is 50.2 Å². The number of ether oxygens (including phenoxy) is 2. The van der Waals surface area contributed by atoms with Gasteiger partial charge in [-0.3, -0.25) is 4.79 Å². The summed E-state index contributed by atoms with van der Waals surface area (Å²) in [6, 6.07) is 19.8. The lowest BCUT2D eigenvalue weighted by molar-refractivity contribution is -0.284. The third-order valence-electron chi connectivity index (χ3n) is 6.30. The lowest BCUT2D eigenvalue weighted by Crippen LogP contribution is -2.51. The molecule has 1 aliphatic heterocycles. The van der Waals surface area contributed by atoms with Gasteiger partial charge in [0, 0.05) is 6.42 Å². The molecule has 2 aromatic carbocycles. The molecular weight excluding hydrogens is 426 g/mol. The molecule has 0 saturated carbocycles. The first-order chi connectivity index (χ1) is 16.0. The number of carbonyl (C=O) groups is 1. The fourth-order valence-electron chi connectivity index (χ4n) is 4.21. The van der Waals surface area contributed by atoms with Crippen LogP contribution < -0.4 is 5.32 Å². The number of hydrogen-bond acceptors (Lipinski definition) is 4. The van der Waals surface area contributed by atoms with Gasteiger partial charge in [0.15, 0.2) is 11.5 Å². The van der Waals surface area contributed by atoms with E-state index in [4.69, 9.17) is 13.9 Å². The second-order valence-corrected chi connectivity index (χ2v) is 10.6. The number of nitrogens with one attached hydrogen (secondary N) is 1. The van der Waals surface area contributed by atoms with E-state index in [1.54, 1.807) is 6.07 Å². The zero-order chi connectivity index (χ0) is 24.5. The van der Waals surface area contributed by atoms with Crippen LogP contribution in [0.25, 0.3) is 0 Å². The van der Waals surface area contributed by atoms with E-state index in [9.17, 15) is 4.79 Å². The standard InChI is InChI=1S/C29H35NO4/c1-19-12-13-22(28(2,3)4)16-21(19)17-23-14-15-25(33-23)27(31)30-24-18-32-29(5,6)34-26(24)20-10-8-7-9-11-20/h7-16,24,26H,17-18H2,1-6H3,(H,30,31)/t24-,26?/m1/s1. The Morgan fingerprint density at radius 1 is 1.06 bits per heavy atom. The predicted octanol–water partition coefficient (Wildman–Crippen LogP) is 6.10. The molecule has 0 aliphatic carbocycles. The minimum absolute atomic E-state index is 0.0741. The molecule has 2 heterocycles. The van der Waals surface area contributed by atoms with Crippen molar-refractivity contribution in [2.75, 3.05) is 6.61 Å². The molecule has 1 N–H and O–H groups in total. The summed E-state index contributed by atoms with van der Waals surface area (Å²) in [5.74, 6) is 0.0516. The first-order valence-corrected chi connectivity index (χ1v) is 11.9. The average Bonchev–Trinajstić information content (AvgIpc) is 3.25. The molecule has 4 rings (SSSR count). The molecule has 5 nitrogen and oxygen atoms in total. The summed E-state index contributed by atoms with van der Waals surface area (Å²) >= 11 is 0. The van der Waals surface area contributed by atoms with Gasteiger partial charge in [0.25, 0.3) is 5.91 Å². The normalized spacial score (nSPS) is 20.2. The predicted molar refractivity (Wildman–Crippen MR) is 133 cm³/mol. The third-order valence-corrected chi connectivity index (χ3v) is 6.30. The molecule has 1 unspecified atom stereocenters. The molecule has 1 aliphatic rings. The van der Waals surface area contributed by atoms with Crippen LogP contribution >= 0.6 is 0 Å². The van der Waals surface area contributed by atoms with Gasteiger partial charge in [-0.25, -0.2) is 0 Å². The van der Waals surface area contributed by atoms with Gasteiger partial charge in [-0.05, 0) is 60.6 Å². The van der Waals surface area contributed by atoms with E-state index in [-0.39, 0.29) is 29.2 Å². The molecule has 3 aromatic rings. The number of hydrogen-bond donors (Lipinski definition) is 1. The Balaban J connectivity index is 1.48.